The van der Waals surface area contributed by atoms with Gasteiger partial charge in [-0.2, -0.15) is 0 Å². The summed E-state index contributed by atoms with van der Waals surface area (Å²) in [5, 5.41) is 9.71. The number of carboxylic acid groups (broad SMARTS) is 1. The fourth-order valence-electron chi connectivity index (χ4n) is 2.22. The van der Waals surface area contributed by atoms with Gasteiger partial charge >= 0.3 is 5.97 Å². The maximum absolute atomic E-state index is 10.9. The molecule has 0 saturated heterocycles. The summed E-state index contributed by atoms with van der Waals surface area (Å²) in [4.78, 5) is 21.8. The maximum Gasteiger partial charge on any atom is 0.374 e. The molecular weight excluding hydrogens is 266 g/mol. The van der Waals surface area contributed by atoms with Crippen LogP contribution in [0.25, 0.3) is 22.3 Å². The van der Waals surface area contributed by atoms with Gasteiger partial charge in [-0.1, -0.05) is 38.1 Å². The molecule has 5 nitrogen and oxygen atoms in total. The van der Waals surface area contributed by atoms with E-state index in [4.69, 9.17) is 5.11 Å². The van der Waals surface area contributed by atoms with Crippen LogP contribution in [0.3, 0.4) is 0 Å². The first-order valence-corrected chi connectivity index (χ1v) is 6.74. The number of benzene rings is 1. The van der Waals surface area contributed by atoms with Crippen LogP contribution in [0.5, 0.6) is 0 Å². The van der Waals surface area contributed by atoms with Crippen LogP contribution in [-0.2, 0) is 0 Å². The lowest BCUT2D eigenvalue weighted by Gasteiger charge is -2.05. The van der Waals surface area contributed by atoms with Crippen molar-refractivity contribution in [2.75, 3.05) is 0 Å². The first-order valence-electron chi connectivity index (χ1n) is 6.74. The van der Waals surface area contributed by atoms with E-state index in [9.17, 15) is 4.79 Å². The number of nitrogens with zero attached hydrogens (tertiary/aromatic N) is 2. The third-order valence-electron chi connectivity index (χ3n) is 3.45. The van der Waals surface area contributed by atoms with Gasteiger partial charge in [-0.3, -0.25) is 0 Å². The molecule has 0 bridgehead atoms. The first-order chi connectivity index (χ1) is 10.0. The zero-order valence-electron chi connectivity index (χ0n) is 11.8. The SMILES string of the molecule is CC(C)c1ccc(-c2cc3cnc(C(=O)O)nc3[nH]2)cc1. The van der Waals surface area contributed by atoms with Gasteiger partial charge in [-0.15, -0.1) is 0 Å². The number of carbonyl (C=O) groups is 1. The normalized spacial score (nSPS) is 11.2. The summed E-state index contributed by atoms with van der Waals surface area (Å²) in [5.74, 6) is -0.842. The van der Waals surface area contributed by atoms with E-state index in [1.807, 2.05) is 18.2 Å². The van der Waals surface area contributed by atoms with Gasteiger partial charge < -0.3 is 10.1 Å². The third kappa shape index (κ3) is 2.50. The monoisotopic (exact) mass is 281 g/mol. The van der Waals surface area contributed by atoms with Crippen molar-refractivity contribution >= 4 is 17.0 Å². The second kappa shape index (κ2) is 5.01. The van der Waals surface area contributed by atoms with Crippen molar-refractivity contribution in [3.05, 3.63) is 47.9 Å². The predicted molar refractivity (Wildman–Crippen MR) is 80.4 cm³/mol. The highest BCUT2D eigenvalue weighted by Crippen LogP contribution is 2.24. The average molecular weight is 281 g/mol. The standard InChI is InChI=1S/C16H15N3O2/c1-9(2)10-3-5-11(6-4-10)13-7-12-8-17-15(16(20)21)19-14(12)18-13/h3-9H,1-2H3,(H,20,21)(H,17,18,19). The minimum Gasteiger partial charge on any atom is -0.475 e. The molecule has 0 aliphatic carbocycles. The van der Waals surface area contributed by atoms with Crippen LogP contribution in [0.2, 0.25) is 0 Å². The van der Waals surface area contributed by atoms with Crippen LogP contribution >= 0.6 is 0 Å². The van der Waals surface area contributed by atoms with Crippen LogP contribution in [0, 0.1) is 0 Å². The predicted octanol–water partition coefficient (Wildman–Crippen LogP) is 3.45. The molecule has 3 aromatic rings. The zero-order chi connectivity index (χ0) is 15.0. The number of hydrogen-bond acceptors (Lipinski definition) is 3. The van der Waals surface area contributed by atoms with E-state index < -0.39 is 5.97 Å². The summed E-state index contributed by atoms with van der Waals surface area (Å²) in [6, 6.07) is 10.2. The molecule has 0 radical (unpaired) electrons. The van der Waals surface area contributed by atoms with Crippen LogP contribution in [0.1, 0.15) is 35.9 Å². The largest absolute Gasteiger partial charge is 0.475 e. The second-order valence-corrected chi connectivity index (χ2v) is 5.26. The first kappa shape index (κ1) is 13.3. The number of aromatic nitrogens is 3. The molecule has 0 aliphatic rings. The van der Waals surface area contributed by atoms with Crippen molar-refractivity contribution in [2.24, 2.45) is 0 Å². The summed E-state index contributed by atoms with van der Waals surface area (Å²) >= 11 is 0. The van der Waals surface area contributed by atoms with Crippen molar-refractivity contribution in [1.82, 2.24) is 15.0 Å². The van der Waals surface area contributed by atoms with Crippen molar-refractivity contribution in [3.63, 3.8) is 0 Å². The van der Waals surface area contributed by atoms with Gasteiger partial charge in [0, 0.05) is 17.3 Å². The Bertz CT molecular complexity index is 804. The number of fused-ring (bicyclic) bond motifs is 1. The lowest BCUT2D eigenvalue weighted by atomic mass is 10.0. The Hall–Kier alpha value is -2.69. The summed E-state index contributed by atoms with van der Waals surface area (Å²) < 4.78 is 0. The summed E-state index contributed by atoms with van der Waals surface area (Å²) in [5.41, 5.74) is 3.75. The number of rotatable bonds is 3. The van der Waals surface area contributed by atoms with E-state index in [0.717, 1.165) is 16.6 Å². The number of carboxylic acids is 1. The average Bonchev–Trinajstić information content (AvgIpc) is 2.90. The van der Waals surface area contributed by atoms with Crippen molar-refractivity contribution in [2.45, 2.75) is 19.8 Å². The molecule has 21 heavy (non-hydrogen) atoms. The third-order valence-corrected chi connectivity index (χ3v) is 3.45. The second-order valence-electron chi connectivity index (χ2n) is 5.26. The van der Waals surface area contributed by atoms with Gasteiger partial charge in [0.1, 0.15) is 5.65 Å². The van der Waals surface area contributed by atoms with E-state index in [2.05, 4.69) is 40.9 Å². The molecule has 0 saturated carbocycles. The molecule has 2 heterocycles. The molecule has 2 N–H and O–H groups in total. The van der Waals surface area contributed by atoms with Gasteiger partial charge in [0.2, 0.25) is 5.82 Å². The van der Waals surface area contributed by atoms with Crippen molar-refractivity contribution in [1.29, 1.82) is 0 Å². The lowest BCUT2D eigenvalue weighted by molar-refractivity contribution is 0.0684. The maximum atomic E-state index is 10.9. The lowest BCUT2D eigenvalue weighted by Crippen LogP contribution is -2.03. The summed E-state index contributed by atoms with van der Waals surface area (Å²) in [7, 11) is 0. The fourth-order valence-corrected chi connectivity index (χ4v) is 2.22. The highest BCUT2D eigenvalue weighted by Gasteiger charge is 2.10. The molecule has 0 spiro atoms. The quantitative estimate of drug-likeness (QED) is 0.770. The van der Waals surface area contributed by atoms with Gasteiger partial charge in [0.15, 0.2) is 0 Å². The molecule has 0 fully saturated rings. The Morgan fingerprint density at radius 2 is 1.95 bits per heavy atom. The molecule has 0 aliphatic heterocycles. The highest BCUT2D eigenvalue weighted by molar-refractivity contribution is 5.88. The topological polar surface area (TPSA) is 78.9 Å². The molecule has 2 aromatic heterocycles. The van der Waals surface area contributed by atoms with Gasteiger partial charge in [0.25, 0.3) is 0 Å². The van der Waals surface area contributed by atoms with E-state index in [1.54, 1.807) is 0 Å². The number of hydrogen-bond donors (Lipinski definition) is 2. The van der Waals surface area contributed by atoms with Crippen LogP contribution in [-0.4, -0.2) is 26.0 Å². The molecule has 0 amide bonds. The van der Waals surface area contributed by atoms with E-state index in [-0.39, 0.29) is 5.82 Å². The van der Waals surface area contributed by atoms with Crippen LogP contribution in [0.4, 0.5) is 0 Å². The minimum atomic E-state index is -1.13. The Labute approximate surface area is 121 Å². The number of nitrogens with one attached hydrogen (secondary N) is 1. The van der Waals surface area contributed by atoms with E-state index in [1.165, 1.54) is 11.8 Å². The number of aromatic amines is 1. The number of H-pyrrole nitrogens is 1. The molecule has 0 unspecified atom stereocenters. The molecule has 106 valence electrons. The smallest absolute Gasteiger partial charge is 0.374 e. The van der Waals surface area contributed by atoms with Crippen LogP contribution < -0.4 is 0 Å². The molecular formula is C16H15N3O2. The summed E-state index contributed by atoms with van der Waals surface area (Å²) in [6.07, 6.45) is 1.52. The molecule has 5 heteroatoms. The van der Waals surface area contributed by atoms with Gasteiger partial charge in [-0.25, -0.2) is 14.8 Å². The highest BCUT2D eigenvalue weighted by atomic mass is 16.4. The van der Waals surface area contributed by atoms with Gasteiger partial charge in [0.05, 0.1) is 0 Å². The van der Waals surface area contributed by atoms with Crippen molar-refractivity contribution in [3.8, 4) is 11.3 Å². The Balaban J connectivity index is 2.02. The molecule has 0 atom stereocenters. The van der Waals surface area contributed by atoms with Gasteiger partial charge in [-0.05, 0) is 23.1 Å². The fraction of sp³-hybridized carbons (Fsp3) is 0.188. The van der Waals surface area contributed by atoms with Crippen molar-refractivity contribution < 1.29 is 9.90 Å². The van der Waals surface area contributed by atoms with E-state index in [0.29, 0.717) is 11.6 Å². The molecule has 3 rings (SSSR count). The Kier molecular flexibility index (Phi) is 3.17. The van der Waals surface area contributed by atoms with E-state index >= 15 is 0 Å². The Morgan fingerprint density at radius 3 is 2.57 bits per heavy atom. The minimum absolute atomic E-state index is 0.203. The number of aromatic carboxylic acids is 1. The Morgan fingerprint density at radius 1 is 1.24 bits per heavy atom. The van der Waals surface area contributed by atoms with Crippen LogP contribution in [0.15, 0.2) is 36.5 Å². The zero-order valence-corrected chi connectivity index (χ0v) is 11.8. The molecule has 1 aromatic carbocycles. The summed E-state index contributed by atoms with van der Waals surface area (Å²) in [6.45, 7) is 4.31.